The Morgan fingerprint density at radius 2 is 2.00 bits per heavy atom. The Hall–Kier alpha value is -1.23. The molecule has 0 amide bonds. The maximum absolute atomic E-state index is 11.6. The van der Waals surface area contributed by atoms with Crippen LogP contribution in [0.2, 0.25) is 0 Å². The molecule has 1 aromatic carbocycles. The number of halogens is 1. The van der Waals surface area contributed by atoms with E-state index in [0.717, 1.165) is 0 Å². The number of esters is 1. The van der Waals surface area contributed by atoms with Crippen molar-refractivity contribution >= 4 is 21.9 Å². The first-order chi connectivity index (χ1) is 8.13. The van der Waals surface area contributed by atoms with Gasteiger partial charge >= 0.3 is 5.97 Å². The van der Waals surface area contributed by atoms with E-state index in [9.17, 15) is 4.79 Å². The number of methoxy groups -OCH3 is 1. The molecule has 0 aliphatic heterocycles. The fraction of sp³-hybridized carbons (Fsp3) is 0.417. The summed E-state index contributed by atoms with van der Waals surface area (Å²) in [5, 5.41) is 0. The highest BCUT2D eigenvalue weighted by Crippen LogP contribution is 2.36. The molecule has 0 saturated heterocycles. The van der Waals surface area contributed by atoms with Crippen LogP contribution in [0.3, 0.4) is 0 Å². The number of carbonyl (C=O) groups excluding carboxylic acids is 1. The molecular weight excluding hydrogens is 288 g/mol. The lowest BCUT2D eigenvalue weighted by atomic mass is 10.2. The van der Waals surface area contributed by atoms with Gasteiger partial charge in [-0.3, -0.25) is 0 Å². The minimum absolute atomic E-state index is 0.339. The van der Waals surface area contributed by atoms with Crippen LogP contribution in [0.15, 0.2) is 16.6 Å². The Labute approximate surface area is 109 Å². The summed E-state index contributed by atoms with van der Waals surface area (Å²) in [6.45, 7) is 4.50. The largest absolute Gasteiger partial charge is 0.493 e. The van der Waals surface area contributed by atoms with Gasteiger partial charge in [0.15, 0.2) is 11.5 Å². The van der Waals surface area contributed by atoms with Crippen LogP contribution in [-0.4, -0.2) is 26.3 Å². The third-order valence-corrected chi connectivity index (χ3v) is 2.62. The molecule has 94 valence electrons. The molecular formula is C12H15BrO4. The zero-order valence-corrected chi connectivity index (χ0v) is 11.7. The summed E-state index contributed by atoms with van der Waals surface area (Å²) in [6.07, 6.45) is 0. The highest BCUT2D eigenvalue weighted by atomic mass is 79.9. The highest BCUT2D eigenvalue weighted by Gasteiger charge is 2.15. The third-order valence-electron chi connectivity index (χ3n) is 2.03. The van der Waals surface area contributed by atoms with Crippen molar-refractivity contribution in [2.45, 2.75) is 13.8 Å². The lowest BCUT2D eigenvalue weighted by Crippen LogP contribution is -2.06. The van der Waals surface area contributed by atoms with E-state index in [2.05, 4.69) is 15.9 Å². The maximum Gasteiger partial charge on any atom is 0.338 e. The van der Waals surface area contributed by atoms with Gasteiger partial charge in [0.25, 0.3) is 0 Å². The van der Waals surface area contributed by atoms with Crippen LogP contribution in [0.5, 0.6) is 11.5 Å². The number of rotatable bonds is 5. The Morgan fingerprint density at radius 1 is 1.29 bits per heavy atom. The van der Waals surface area contributed by atoms with E-state index in [1.165, 1.54) is 7.11 Å². The zero-order chi connectivity index (χ0) is 12.8. The summed E-state index contributed by atoms with van der Waals surface area (Å²) in [5.41, 5.74) is 0.430. The van der Waals surface area contributed by atoms with Gasteiger partial charge in [0.1, 0.15) is 0 Å². The van der Waals surface area contributed by atoms with Gasteiger partial charge in [-0.15, -0.1) is 0 Å². The number of carbonyl (C=O) groups is 1. The van der Waals surface area contributed by atoms with Crippen molar-refractivity contribution in [3.05, 3.63) is 22.2 Å². The Bertz CT molecular complexity index is 404. The summed E-state index contributed by atoms with van der Waals surface area (Å²) in [7, 11) is 1.53. The predicted molar refractivity (Wildman–Crippen MR) is 67.8 cm³/mol. The van der Waals surface area contributed by atoms with Crippen molar-refractivity contribution < 1.29 is 19.0 Å². The lowest BCUT2D eigenvalue weighted by Gasteiger charge is -2.12. The van der Waals surface area contributed by atoms with Crippen molar-refractivity contribution in [2.75, 3.05) is 20.3 Å². The smallest absolute Gasteiger partial charge is 0.338 e. The molecule has 0 aromatic heterocycles. The van der Waals surface area contributed by atoms with Gasteiger partial charge in [-0.25, -0.2) is 4.79 Å². The van der Waals surface area contributed by atoms with Crippen molar-refractivity contribution in [1.29, 1.82) is 0 Å². The minimum Gasteiger partial charge on any atom is -0.493 e. The van der Waals surface area contributed by atoms with E-state index < -0.39 is 0 Å². The van der Waals surface area contributed by atoms with Crippen molar-refractivity contribution in [3.8, 4) is 11.5 Å². The molecule has 0 radical (unpaired) electrons. The van der Waals surface area contributed by atoms with Gasteiger partial charge in [0, 0.05) is 0 Å². The Morgan fingerprint density at radius 3 is 2.53 bits per heavy atom. The summed E-state index contributed by atoms with van der Waals surface area (Å²) in [5.74, 6) is 0.710. The SMILES string of the molecule is CCOC(=O)c1cc(Br)c(OCC)c(OC)c1. The second kappa shape index (κ2) is 6.49. The molecule has 0 saturated carbocycles. The van der Waals surface area contributed by atoms with Gasteiger partial charge in [0.05, 0.1) is 30.4 Å². The first kappa shape index (κ1) is 13.8. The standard InChI is InChI=1S/C12H15BrO4/c1-4-16-11-9(13)6-8(7-10(11)15-3)12(14)17-5-2/h6-7H,4-5H2,1-3H3. The van der Waals surface area contributed by atoms with E-state index in [4.69, 9.17) is 14.2 Å². The zero-order valence-electron chi connectivity index (χ0n) is 10.1. The van der Waals surface area contributed by atoms with Crippen LogP contribution < -0.4 is 9.47 Å². The normalized spacial score (nSPS) is 9.88. The molecule has 17 heavy (non-hydrogen) atoms. The van der Waals surface area contributed by atoms with Crippen LogP contribution in [0, 0.1) is 0 Å². The Kier molecular flexibility index (Phi) is 5.28. The van der Waals surface area contributed by atoms with E-state index in [1.807, 2.05) is 6.92 Å². The van der Waals surface area contributed by atoms with Crippen molar-refractivity contribution in [1.82, 2.24) is 0 Å². The second-order valence-electron chi connectivity index (χ2n) is 3.14. The average Bonchev–Trinajstić information content (AvgIpc) is 2.31. The third kappa shape index (κ3) is 3.36. The molecule has 0 fully saturated rings. The fourth-order valence-corrected chi connectivity index (χ4v) is 1.89. The Balaban J connectivity index is 3.12. The van der Waals surface area contributed by atoms with Crippen LogP contribution in [-0.2, 0) is 4.74 Å². The molecule has 0 spiro atoms. The molecule has 1 rings (SSSR count). The van der Waals surface area contributed by atoms with E-state index in [0.29, 0.717) is 34.7 Å². The van der Waals surface area contributed by atoms with E-state index >= 15 is 0 Å². The molecule has 5 heteroatoms. The molecule has 0 N–H and O–H groups in total. The molecule has 4 nitrogen and oxygen atoms in total. The second-order valence-corrected chi connectivity index (χ2v) is 4.00. The quantitative estimate of drug-likeness (QED) is 0.784. The molecule has 1 aromatic rings. The van der Waals surface area contributed by atoms with E-state index in [1.54, 1.807) is 19.1 Å². The summed E-state index contributed by atoms with van der Waals surface area (Å²) in [6, 6.07) is 3.26. The summed E-state index contributed by atoms with van der Waals surface area (Å²) >= 11 is 3.35. The minimum atomic E-state index is -0.380. The van der Waals surface area contributed by atoms with Gasteiger partial charge in [-0.05, 0) is 41.9 Å². The topological polar surface area (TPSA) is 44.8 Å². The molecule has 0 aliphatic rings. The maximum atomic E-state index is 11.6. The molecule has 0 heterocycles. The van der Waals surface area contributed by atoms with Crippen LogP contribution >= 0.6 is 15.9 Å². The van der Waals surface area contributed by atoms with Crippen LogP contribution in [0.1, 0.15) is 24.2 Å². The molecule has 0 bridgehead atoms. The van der Waals surface area contributed by atoms with Gasteiger partial charge < -0.3 is 14.2 Å². The predicted octanol–water partition coefficient (Wildman–Crippen LogP) is 3.03. The number of hydrogen-bond acceptors (Lipinski definition) is 4. The van der Waals surface area contributed by atoms with Gasteiger partial charge in [0.2, 0.25) is 0 Å². The monoisotopic (exact) mass is 302 g/mol. The first-order valence-corrected chi connectivity index (χ1v) is 6.10. The molecule has 0 unspecified atom stereocenters. The average molecular weight is 303 g/mol. The number of hydrogen-bond donors (Lipinski definition) is 0. The van der Waals surface area contributed by atoms with Crippen LogP contribution in [0.25, 0.3) is 0 Å². The summed E-state index contributed by atoms with van der Waals surface area (Å²) in [4.78, 5) is 11.6. The van der Waals surface area contributed by atoms with Gasteiger partial charge in [-0.1, -0.05) is 0 Å². The van der Waals surface area contributed by atoms with Crippen molar-refractivity contribution in [3.63, 3.8) is 0 Å². The lowest BCUT2D eigenvalue weighted by molar-refractivity contribution is 0.0526. The first-order valence-electron chi connectivity index (χ1n) is 5.31. The van der Waals surface area contributed by atoms with Crippen LogP contribution in [0.4, 0.5) is 0 Å². The highest BCUT2D eigenvalue weighted by molar-refractivity contribution is 9.10. The molecule has 0 aliphatic carbocycles. The van der Waals surface area contributed by atoms with Crippen molar-refractivity contribution in [2.24, 2.45) is 0 Å². The number of benzene rings is 1. The fourth-order valence-electron chi connectivity index (χ4n) is 1.34. The van der Waals surface area contributed by atoms with E-state index in [-0.39, 0.29) is 5.97 Å². The van der Waals surface area contributed by atoms with Gasteiger partial charge in [-0.2, -0.15) is 0 Å². The molecule has 0 atom stereocenters. The number of ether oxygens (including phenoxy) is 3. The summed E-state index contributed by atoms with van der Waals surface area (Å²) < 4.78 is 16.2.